The predicted octanol–water partition coefficient (Wildman–Crippen LogP) is 3.11. The summed E-state index contributed by atoms with van der Waals surface area (Å²) in [5.41, 5.74) is 1.26. The summed E-state index contributed by atoms with van der Waals surface area (Å²) in [6, 6.07) is 12.0. The van der Waals surface area contributed by atoms with Crippen LogP contribution in [0.2, 0.25) is 0 Å². The van der Waals surface area contributed by atoms with E-state index in [4.69, 9.17) is 4.74 Å². The van der Waals surface area contributed by atoms with Crippen LogP contribution >= 0.6 is 15.9 Å². The standard InChI is InChI=1S/C16H11BrN2O3/c1-22-16(21)11-7-3-2-6-10(11)13(20)15-18-14(17)12-8-4-5-9-19(12)15/h2-9H,1H3. The molecule has 0 aliphatic heterocycles. The van der Waals surface area contributed by atoms with Gasteiger partial charge >= 0.3 is 5.97 Å². The Morgan fingerprint density at radius 1 is 1.09 bits per heavy atom. The van der Waals surface area contributed by atoms with Crippen LogP contribution in [0.5, 0.6) is 0 Å². The van der Waals surface area contributed by atoms with E-state index in [1.54, 1.807) is 34.9 Å². The Balaban J connectivity index is 2.17. The Labute approximate surface area is 134 Å². The molecule has 1 aromatic carbocycles. The van der Waals surface area contributed by atoms with E-state index in [1.807, 2.05) is 18.2 Å². The Hall–Kier alpha value is -2.47. The summed E-state index contributed by atoms with van der Waals surface area (Å²) >= 11 is 3.34. The second kappa shape index (κ2) is 5.73. The monoisotopic (exact) mass is 358 g/mol. The number of ketones is 1. The lowest BCUT2D eigenvalue weighted by Crippen LogP contribution is -2.13. The van der Waals surface area contributed by atoms with Crippen molar-refractivity contribution in [1.29, 1.82) is 0 Å². The van der Waals surface area contributed by atoms with Gasteiger partial charge in [0.2, 0.25) is 5.78 Å². The number of carbonyl (C=O) groups excluding carboxylic acids is 2. The number of aromatic nitrogens is 2. The fourth-order valence-corrected chi connectivity index (χ4v) is 2.74. The van der Waals surface area contributed by atoms with Gasteiger partial charge in [-0.05, 0) is 34.1 Å². The van der Waals surface area contributed by atoms with Gasteiger partial charge in [0.1, 0.15) is 4.60 Å². The molecular formula is C16H11BrN2O3. The van der Waals surface area contributed by atoms with Crippen molar-refractivity contribution in [2.45, 2.75) is 0 Å². The average molecular weight is 359 g/mol. The highest BCUT2D eigenvalue weighted by Gasteiger charge is 2.22. The van der Waals surface area contributed by atoms with Gasteiger partial charge < -0.3 is 4.74 Å². The molecule has 2 aromatic heterocycles. The third-order valence-corrected chi connectivity index (χ3v) is 3.87. The number of esters is 1. The molecule has 0 unspecified atom stereocenters. The van der Waals surface area contributed by atoms with Crippen molar-refractivity contribution >= 4 is 33.2 Å². The molecule has 0 saturated heterocycles. The molecule has 0 aliphatic carbocycles. The highest BCUT2D eigenvalue weighted by molar-refractivity contribution is 9.10. The number of nitrogens with zero attached hydrogens (tertiary/aromatic N) is 2. The van der Waals surface area contributed by atoms with Gasteiger partial charge in [0.15, 0.2) is 5.82 Å². The van der Waals surface area contributed by atoms with Gasteiger partial charge in [-0.15, -0.1) is 0 Å². The topological polar surface area (TPSA) is 60.7 Å². The van der Waals surface area contributed by atoms with Crippen LogP contribution in [0.1, 0.15) is 26.5 Å². The first-order chi connectivity index (χ1) is 10.6. The lowest BCUT2D eigenvalue weighted by atomic mass is 10.0. The fourth-order valence-electron chi connectivity index (χ4n) is 2.25. The second-order valence-corrected chi connectivity index (χ2v) is 5.30. The van der Waals surface area contributed by atoms with Crippen LogP contribution in [0.15, 0.2) is 53.3 Å². The summed E-state index contributed by atoms with van der Waals surface area (Å²) in [5.74, 6) is -0.657. The van der Waals surface area contributed by atoms with Crippen LogP contribution in [0, 0.1) is 0 Å². The van der Waals surface area contributed by atoms with E-state index in [0.717, 1.165) is 5.52 Å². The van der Waals surface area contributed by atoms with Gasteiger partial charge in [-0.3, -0.25) is 9.20 Å². The molecule has 0 N–H and O–H groups in total. The summed E-state index contributed by atoms with van der Waals surface area (Å²) in [6.07, 6.45) is 1.75. The smallest absolute Gasteiger partial charge is 0.338 e. The molecule has 0 fully saturated rings. The zero-order chi connectivity index (χ0) is 15.7. The lowest BCUT2D eigenvalue weighted by Gasteiger charge is -2.06. The molecule has 0 atom stereocenters. The number of ether oxygens (including phenoxy) is 1. The lowest BCUT2D eigenvalue weighted by molar-refractivity contribution is 0.0597. The predicted molar refractivity (Wildman–Crippen MR) is 84.1 cm³/mol. The second-order valence-electron chi connectivity index (χ2n) is 4.55. The summed E-state index contributed by atoms with van der Waals surface area (Å²) in [7, 11) is 1.28. The minimum Gasteiger partial charge on any atom is -0.465 e. The van der Waals surface area contributed by atoms with Gasteiger partial charge in [0.05, 0.1) is 18.2 Å². The molecular weight excluding hydrogens is 348 g/mol. The van der Waals surface area contributed by atoms with E-state index in [1.165, 1.54) is 7.11 Å². The number of pyridine rings is 1. The van der Waals surface area contributed by atoms with Crippen LogP contribution in [0.3, 0.4) is 0 Å². The van der Waals surface area contributed by atoms with Crippen LogP contribution in [-0.4, -0.2) is 28.2 Å². The molecule has 0 amide bonds. The number of hydrogen-bond donors (Lipinski definition) is 0. The van der Waals surface area contributed by atoms with E-state index in [9.17, 15) is 9.59 Å². The Morgan fingerprint density at radius 3 is 2.50 bits per heavy atom. The number of fused-ring (bicyclic) bond motifs is 1. The maximum atomic E-state index is 12.8. The minimum atomic E-state index is -0.552. The van der Waals surface area contributed by atoms with Crippen molar-refractivity contribution in [2.75, 3.05) is 7.11 Å². The SMILES string of the molecule is COC(=O)c1ccccc1C(=O)c1nc(Br)c2ccccn12. The Morgan fingerprint density at radius 2 is 1.77 bits per heavy atom. The summed E-state index contributed by atoms with van der Waals surface area (Å²) < 4.78 is 6.98. The van der Waals surface area contributed by atoms with E-state index in [0.29, 0.717) is 4.60 Å². The van der Waals surface area contributed by atoms with E-state index in [-0.39, 0.29) is 22.7 Å². The van der Waals surface area contributed by atoms with Crippen molar-refractivity contribution in [3.05, 3.63) is 70.2 Å². The van der Waals surface area contributed by atoms with Crippen LogP contribution < -0.4 is 0 Å². The number of benzene rings is 1. The largest absolute Gasteiger partial charge is 0.465 e. The van der Waals surface area contributed by atoms with Gasteiger partial charge in [0.25, 0.3) is 0 Å². The van der Waals surface area contributed by atoms with E-state index < -0.39 is 5.97 Å². The molecule has 3 aromatic rings. The molecule has 0 bridgehead atoms. The quantitative estimate of drug-likeness (QED) is 0.533. The molecule has 6 heteroatoms. The Bertz CT molecular complexity index is 886. The van der Waals surface area contributed by atoms with Crippen molar-refractivity contribution in [3.63, 3.8) is 0 Å². The third kappa shape index (κ3) is 2.31. The number of rotatable bonds is 3. The van der Waals surface area contributed by atoms with Crippen LogP contribution in [0.25, 0.3) is 5.52 Å². The van der Waals surface area contributed by atoms with Crippen LogP contribution in [-0.2, 0) is 4.74 Å². The van der Waals surface area contributed by atoms with Gasteiger partial charge in [-0.2, -0.15) is 0 Å². The molecule has 5 nitrogen and oxygen atoms in total. The number of carbonyl (C=O) groups is 2. The molecule has 0 aliphatic rings. The summed E-state index contributed by atoms with van der Waals surface area (Å²) in [5, 5.41) is 0. The van der Waals surface area contributed by atoms with Gasteiger partial charge in [0, 0.05) is 11.8 Å². The van der Waals surface area contributed by atoms with Crippen molar-refractivity contribution in [2.24, 2.45) is 0 Å². The van der Waals surface area contributed by atoms with Crippen molar-refractivity contribution in [3.8, 4) is 0 Å². The number of halogens is 1. The number of methoxy groups -OCH3 is 1. The highest BCUT2D eigenvalue weighted by atomic mass is 79.9. The first-order valence-electron chi connectivity index (χ1n) is 6.48. The number of hydrogen-bond acceptors (Lipinski definition) is 4. The number of imidazole rings is 1. The molecule has 0 saturated carbocycles. The Kier molecular flexibility index (Phi) is 3.77. The normalized spacial score (nSPS) is 10.6. The fraction of sp³-hybridized carbons (Fsp3) is 0.0625. The molecule has 110 valence electrons. The van der Waals surface area contributed by atoms with Gasteiger partial charge in [-0.25, -0.2) is 9.78 Å². The first-order valence-corrected chi connectivity index (χ1v) is 7.27. The molecule has 0 spiro atoms. The summed E-state index contributed by atoms with van der Waals surface area (Å²) in [6.45, 7) is 0. The minimum absolute atomic E-state index is 0.221. The highest BCUT2D eigenvalue weighted by Crippen LogP contribution is 2.22. The first kappa shape index (κ1) is 14.5. The van der Waals surface area contributed by atoms with Crippen molar-refractivity contribution in [1.82, 2.24) is 9.38 Å². The average Bonchev–Trinajstić information content (AvgIpc) is 2.91. The maximum Gasteiger partial charge on any atom is 0.338 e. The van der Waals surface area contributed by atoms with E-state index in [2.05, 4.69) is 20.9 Å². The third-order valence-electron chi connectivity index (χ3n) is 3.28. The van der Waals surface area contributed by atoms with E-state index >= 15 is 0 Å². The molecule has 2 heterocycles. The maximum absolute atomic E-state index is 12.8. The van der Waals surface area contributed by atoms with Crippen LogP contribution in [0.4, 0.5) is 0 Å². The summed E-state index contributed by atoms with van der Waals surface area (Å²) in [4.78, 5) is 28.9. The molecule has 0 radical (unpaired) electrons. The molecule has 3 rings (SSSR count). The van der Waals surface area contributed by atoms with Crippen molar-refractivity contribution < 1.29 is 14.3 Å². The van der Waals surface area contributed by atoms with Gasteiger partial charge in [-0.1, -0.05) is 24.3 Å². The zero-order valence-corrected chi connectivity index (χ0v) is 13.2. The zero-order valence-electron chi connectivity index (χ0n) is 11.6. The molecule has 22 heavy (non-hydrogen) atoms.